The highest BCUT2D eigenvalue weighted by atomic mass is 32.3. The zero-order chi connectivity index (χ0) is 22.6. The van der Waals surface area contributed by atoms with E-state index >= 15 is 0 Å². The van der Waals surface area contributed by atoms with Gasteiger partial charge in [0.05, 0.1) is 11.1 Å². The standard InChI is InChI=1S/C26H19F3O2S/c27-26(28,29)24-19-11-10-18-23(24)25(30)31-32(20-12-4-1-5-13-20,21-14-6-2-7-15-21)22-16-8-3-9-17-22/h1-19H. The molecule has 0 aliphatic rings. The molecule has 6 heteroatoms. The number of halogens is 3. The van der Waals surface area contributed by atoms with Gasteiger partial charge in [-0.1, -0.05) is 66.7 Å². The van der Waals surface area contributed by atoms with Crippen molar-refractivity contribution in [2.45, 2.75) is 20.9 Å². The molecule has 4 rings (SSSR count). The fourth-order valence-corrected chi connectivity index (χ4v) is 6.50. The maximum absolute atomic E-state index is 13.6. The zero-order valence-electron chi connectivity index (χ0n) is 16.8. The summed E-state index contributed by atoms with van der Waals surface area (Å²) in [5.74, 6) is -1.02. The van der Waals surface area contributed by atoms with Gasteiger partial charge in [0.2, 0.25) is 0 Å². The van der Waals surface area contributed by atoms with Crippen LogP contribution in [0.25, 0.3) is 0 Å². The van der Waals surface area contributed by atoms with Gasteiger partial charge in [-0.2, -0.15) is 13.2 Å². The summed E-state index contributed by atoms with van der Waals surface area (Å²) in [4.78, 5) is 15.5. The van der Waals surface area contributed by atoms with Crippen molar-refractivity contribution in [3.63, 3.8) is 0 Å². The lowest BCUT2D eigenvalue weighted by atomic mass is 10.1. The van der Waals surface area contributed by atoms with Gasteiger partial charge >= 0.3 is 12.1 Å². The number of hydrogen-bond acceptors (Lipinski definition) is 2. The number of benzene rings is 4. The predicted octanol–water partition coefficient (Wildman–Crippen LogP) is 7.76. The van der Waals surface area contributed by atoms with E-state index in [9.17, 15) is 18.0 Å². The molecule has 0 radical (unpaired) electrons. The largest absolute Gasteiger partial charge is 0.417 e. The number of carbonyl (C=O) groups is 1. The van der Waals surface area contributed by atoms with E-state index in [1.807, 2.05) is 91.0 Å². The van der Waals surface area contributed by atoms with E-state index in [4.69, 9.17) is 4.18 Å². The maximum Gasteiger partial charge on any atom is 0.417 e. The molecule has 0 fully saturated rings. The third kappa shape index (κ3) is 4.14. The highest BCUT2D eigenvalue weighted by Gasteiger charge is 2.39. The van der Waals surface area contributed by atoms with Crippen LogP contribution in [-0.2, 0) is 10.4 Å². The van der Waals surface area contributed by atoms with Crippen molar-refractivity contribution in [3.05, 3.63) is 126 Å². The third-order valence-electron chi connectivity index (χ3n) is 4.88. The van der Waals surface area contributed by atoms with Crippen LogP contribution in [0.4, 0.5) is 13.2 Å². The first-order valence-electron chi connectivity index (χ1n) is 9.81. The number of rotatable bonds is 5. The van der Waals surface area contributed by atoms with Crippen LogP contribution in [0, 0.1) is 0 Å². The summed E-state index contributed by atoms with van der Waals surface area (Å²) in [5.41, 5.74) is -1.54. The van der Waals surface area contributed by atoms with Crippen LogP contribution in [0.15, 0.2) is 130 Å². The van der Waals surface area contributed by atoms with Gasteiger partial charge in [-0.15, -0.1) is 0 Å². The van der Waals surface area contributed by atoms with Crippen LogP contribution in [0.2, 0.25) is 0 Å². The number of carbonyl (C=O) groups excluding carboxylic acids is 1. The van der Waals surface area contributed by atoms with Gasteiger partial charge in [-0.25, -0.2) is 4.79 Å². The molecule has 0 N–H and O–H groups in total. The Morgan fingerprint density at radius 1 is 0.594 bits per heavy atom. The minimum Gasteiger partial charge on any atom is -0.398 e. The summed E-state index contributed by atoms with van der Waals surface area (Å²) in [7, 11) is -2.66. The fourth-order valence-electron chi connectivity index (χ4n) is 3.46. The third-order valence-corrected chi connectivity index (χ3v) is 8.09. The molecule has 0 heterocycles. The van der Waals surface area contributed by atoms with E-state index in [2.05, 4.69) is 0 Å². The Hall–Kier alpha value is -3.51. The fraction of sp³-hybridized carbons (Fsp3) is 0.0385. The maximum atomic E-state index is 13.6. The zero-order valence-corrected chi connectivity index (χ0v) is 17.6. The Bertz CT molecular complexity index is 1100. The molecule has 162 valence electrons. The van der Waals surface area contributed by atoms with Crippen molar-refractivity contribution < 1.29 is 22.1 Å². The molecule has 0 bridgehead atoms. The van der Waals surface area contributed by atoms with E-state index in [1.54, 1.807) is 0 Å². The molecule has 4 aromatic rings. The topological polar surface area (TPSA) is 26.3 Å². The van der Waals surface area contributed by atoms with Crippen molar-refractivity contribution in [1.29, 1.82) is 0 Å². The molecule has 32 heavy (non-hydrogen) atoms. The lowest BCUT2D eigenvalue weighted by Gasteiger charge is -2.39. The molecular weight excluding hydrogens is 433 g/mol. The lowest BCUT2D eigenvalue weighted by Crippen LogP contribution is -2.18. The van der Waals surface area contributed by atoms with Crippen LogP contribution < -0.4 is 0 Å². The summed E-state index contributed by atoms with van der Waals surface area (Å²) in [6, 6.07) is 32.1. The van der Waals surface area contributed by atoms with Crippen molar-refractivity contribution in [3.8, 4) is 0 Å². The quantitative estimate of drug-likeness (QED) is 0.309. The lowest BCUT2D eigenvalue weighted by molar-refractivity contribution is -0.138. The first-order valence-corrected chi connectivity index (χ1v) is 11.4. The number of alkyl halides is 3. The summed E-state index contributed by atoms with van der Waals surface area (Å²) in [5, 5.41) is 0. The Morgan fingerprint density at radius 3 is 1.38 bits per heavy atom. The Balaban J connectivity index is 1.95. The molecule has 0 aromatic heterocycles. The normalized spacial score (nSPS) is 12.2. The molecule has 0 aliphatic heterocycles. The van der Waals surface area contributed by atoms with E-state index in [1.165, 1.54) is 12.1 Å². The number of hydrogen-bond donors (Lipinski definition) is 0. The van der Waals surface area contributed by atoms with Crippen molar-refractivity contribution in [2.24, 2.45) is 0 Å². The summed E-state index contributed by atoms with van der Waals surface area (Å²) >= 11 is 0. The monoisotopic (exact) mass is 452 g/mol. The Kier molecular flexibility index (Phi) is 6.06. The van der Waals surface area contributed by atoms with Gasteiger partial charge in [0.1, 0.15) is 0 Å². The Labute approximate surface area is 185 Å². The van der Waals surface area contributed by atoms with E-state index in [-0.39, 0.29) is 0 Å². The first kappa shape index (κ1) is 21.7. The average molecular weight is 452 g/mol. The minimum absolute atomic E-state index is 0.514. The molecule has 4 aromatic carbocycles. The van der Waals surface area contributed by atoms with Crippen LogP contribution >= 0.6 is 10.3 Å². The second-order valence-electron chi connectivity index (χ2n) is 6.91. The molecule has 0 aliphatic carbocycles. The van der Waals surface area contributed by atoms with E-state index in [0.29, 0.717) is 14.7 Å². The van der Waals surface area contributed by atoms with Gasteiger partial charge in [0, 0.05) is 14.7 Å². The molecule has 0 atom stereocenters. The summed E-state index contributed by atoms with van der Waals surface area (Å²) in [6.45, 7) is 0. The smallest absolute Gasteiger partial charge is 0.398 e. The predicted molar refractivity (Wildman–Crippen MR) is 119 cm³/mol. The molecule has 0 unspecified atom stereocenters. The summed E-state index contributed by atoms with van der Waals surface area (Å²) in [6.07, 6.45) is -4.68. The van der Waals surface area contributed by atoms with E-state index in [0.717, 1.165) is 12.1 Å². The van der Waals surface area contributed by atoms with Crippen LogP contribution in [0.1, 0.15) is 15.9 Å². The minimum atomic E-state index is -4.68. The van der Waals surface area contributed by atoms with Crippen LogP contribution in [-0.4, -0.2) is 5.97 Å². The molecule has 0 saturated carbocycles. The highest BCUT2D eigenvalue weighted by molar-refractivity contribution is 8.30. The van der Waals surface area contributed by atoms with Crippen molar-refractivity contribution in [1.82, 2.24) is 0 Å². The molecule has 0 spiro atoms. The van der Waals surface area contributed by atoms with Crippen molar-refractivity contribution >= 4 is 16.3 Å². The van der Waals surface area contributed by atoms with Gasteiger partial charge in [-0.3, -0.25) is 0 Å². The van der Waals surface area contributed by atoms with Crippen LogP contribution in [0.5, 0.6) is 0 Å². The van der Waals surface area contributed by atoms with Crippen molar-refractivity contribution in [2.75, 3.05) is 0 Å². The first-order chi connectivity index (χ1) is 15.4. The van der Waals surface area contributed by atoms with Gasteiger partial charge in [0.15, 0.2) is 0 Å². The Morgan fingerprint density at radius 2 is 0.969 bits per heavy atom. The second kappa shape index (κ2) is 8.93. The molecular formula is C26H19F3O2S. The highest BCUT2D eigenvalue weighted by Crippen LogP contribution is 2.69. The molecule has 0 saturated heterocycles. The van der Waals surface area contributed by atoms with Gasteiger partial charge in [0.25, 0.3) is 0 Å². The van der Waals surface area contributed by atoms with Gasteiger partial charge < -0.3 is 4.18 Å². The van der Waals surface area contributed by atoms with E-state index < -0.39 is 33.6 Å². The summed E-state index contributed by atoms with van der Waals surface area (Å²) < 4.78 is 47.0. The molecule has 0 amide bonds. The van der Waals surface area contributed by atoms with Gasteiger partial charge in [-0.05, 0) is 58.8 Å². The molecule has 2 nitrogen and oxygen atoms in total. The second-order valence-corrected chi connectivity index (χ2v) is 9.60. The average Bonchev–Trinajstić information content (AvgIpc) is 2.83. The SMILES string of the molecule is O=C(OS(c1ccccc1)(c1ccccc1)c1ccccc1)c1ccccc1C(F)(F)F. The van der Waals surface area contributed by atoms with Crippen LogP contribution in [0.3, 0.4) is 0 Å².